The fourth-order valence-corrected chi connectivity index (χ4v) is 7.22. The Bertz CT molecular complexity index is 2240. The van der Waals surface area contributed by atoms with Gasteiger partial charge in [0.15, 0.2) is 35.4 Å². The minimum Gasteiger partial charge on any atom is -0.469 e. The largest absolute Gasteiger partial charge is 0.469 e. The maximum Gasteiger partial charge on any atom is 0.410 e. The summed E-state index contributed by atoms with van der Waals surface area (Å²) >= 11 is 0. The molecule has 3 aromatic carbocycles. The van der Waals surface area contributed by atoms with Crippen LogP contribution in [-0.4, -0.2) is 86.3 Å². The van der Waals surface area contributed by atoms with Crippen LogP contribution in [0.25, 0.3) is 11.2 Å². The molecule has 1 aliphatic heterocycles. The van der Waals surface area contributed by atoms with E-state index in [0.717, 1.165) is 11.1 Å². The maximum atomic E-state index is 13.9. The van der Waals surface area contributed by atoms with E-state index in [1.165, 1.54) is 38.2 Å². The summed E-state index contributed by atoms with van der Waals surface area (Å²) in [6, 6.07) is 27.4. The third-order valence-electron chi connectivity index (χ3n) is 10.1. The van der Waals surface area contributed by atoms with Crippen LogP contribution in [0.4, 0.5) is 10.6 Å². The van der Waals surface area contributed by atoms with Gasteiger partial charge in [-0.25, -0.2) is 19.7 Å². The van der Waals surface area contributed by atoms with Gasteiger partial charge in [-0.3, -0.25) is 23.7 Å². The fraction of sp³-hybridized carbons (Fsp3) is 0.364. The molecule has 1 saturated heterocycles. The van der Waals surface area contributed by atoms with Gasteiger partial charge >= 0.3 is 24.0 Å². The van der Waals surface area contributed by atoms with Gasteiger partial charge in [0.2, 0.25) is 0 Å². The average Bonchev–Trinajstić information content (AvgIpc) is 3.82. The first-order valence-corrected chi connectivity index (χ1v) is 19.6. The number of hydrogen-bond donors (Lipinski definition) is 1. The van der Waals surface area contributed by atoms with Crippen molar-refractivity contribution in [1.29, 1.82) is 0 Å². The van der Waals surface area contributed by atoms with Crippen molar-refractivity contribution in [1.82, 2.24) is 24.4 Å². The van der Waals surface area contributed by atoms with Crippen LogP contribution in [0.15, 0.2) is 104 Å². The van der Waals surface area contributed by atoms with Crippen molar-refractivity contribution in [2.45, 2.75) is 77.7 Å². The van der Waals surface area contributed by atoms with Crippen molar-refractivity contribution in [3.63, 3.8) is 0 Å². The van der Waals surface area contributed by atoms with E-state index in [-0.39, 0.29) is 55.0 Å². The number of carbonyl (C=O) groups is 5. The Morgan fingerprint density at radius 1 is 0.817 bits per heavy atom. The molecule has 314 valence electrons. The number of aromatic nitrogens is 4. The van der Waals surface area contributed by atoms with Crippen LogP contribution < -0.4 is 5.32 Å². The second kappa shape index (κ2) is 20.3. The molecule has 1 N–H and O–H groups in total. The monoisotopic (exact) mass is 820 g/mol. The number of ether oxygens (including phenoxy) is 5. The predicted molar refractivity (Wildman–Crippen MR) is 217 cm³/mol. The molecular weight excluding hydrogens is 773 g/mol. The highest BCUT2D eigenvalue weighted by molar-refractivity contribution is 6.06. The number of carbonyl (C=O) groups excluding carboxylic acids is 5. The number of hydrogen-bond acceptors (Lipinski definition) is 13. The zero-order valence-electron chi connectivity index (χ0n) is 33.8. The van der Waals surface area contributed by atoms with Gasteiger partial charge in [-0.05, 0) is 48.4 Å². The van der Waals surface area contributed by atoms with Crippen molar-refractivity contribution in [3.05, 3.63) is 120 Å². The maximum absolute atomic E-state index is 13.9. The molecule has 0 saturated carbocycles. The summed E-state index contributed by atoms with van der Waals surface area (Å²) in [4.78, 5) is 79.6. The molecule has 3 heterocycles. The smallest absolute Gasteiger partial charge is 0.410 e. The number of benzene rings is 3. The molecule has 0 radical (unpaired) electrons. The van der Waals surface area contributed by atoms with Gasteiger partial charge in [0.25, 0.3) is 5.91 Å². The summed E-state index contributed by atoms with van der Waals surface area (Å²) < 4.78 is 30.8. The Hall–Kier alpha value is -6.68. The predicted octanol–water partition coefficient (Wildman–Crippen LogP) is 6.27. The van der Waals surface area contributed by atoms with Crippen LogP contribution in [0.3, 0.4) is 0 Å². The molecular formula is C44H48N6O10. The van der Waals surface area contributed by atoms with Crippen LogP contribution >= 0.6 is 0 Å². The van der Waals surface area contributed by atoms with Gasteiger partial charge in [0.1, 0.15) is 19.0 Å². The van der Waals surface area contributed by atoms with E-state index in [1.54, 1.807) is 42.2 Å². The molecule has 16 nitrogen and oxygen atoms in total. The van der Waals surface area contributed by atoms with Gasteiger partial charge in [0.05, 0.1) is 19.4 Å². The molecule has 16 heteroatoms. The summed E-state index contributed by atoms with van der Waals surface area (Å²) in [7, 11) is 1.33. The number of methoxy groups -OCH3 is 1. The Labute approximate surface area is 347 Å². The normalized spacial score (nSPS) is 18.2. The van der Waals surface area contributed by atoms with E-state index in [9.17, 15) is 24.0 Å². The van der Waals surface area contributed by atoms with Crippen molar-refractivity contribution in [3.8, 4) is 0 Å². The SMILES string of the molecule is COC(=O)[C@@H](C)CC[C@@H](C[C@H]1O[C@@H](n2cnc3c(NC(=O)c4ccccc4)ncnc32)C(OC(C)=O)[C@H]1OC(C)=O)CN(Cc1ccccc1)C(=O)OCc1ccccc1. The van der Waals surface area contributed by atoms with Crippen LogP contribution in [0, 0.1) is 11.8 Å². The molecule has 5 aromatic rings. The van der Waals surface area contributed by atoms with Gasteiger partial charge in [-0.2, -0.15) is 0 Å². The van der Waals surface area contributed by atoms with Crippen LogP contribution in [0.2, 0.25) is 0 Å². The topological polar surface area (TPSA) is 190 Å². The van der Waals surface area contributed by atoms with Crippen LogP contribution in [-0.2, 0) is 51.2 Å². The Morgan fingerprint density at radius 3 is 2.10 bits per heavy atom. The van der Waals surface area contributed by atoms with E-state index >= 15 is 0 Å². The Morgan fingerprint density at radius 2 is 1.45 bits per heavy atom. The van der Waals surface area contributed by atoms with Crippen molar-refractivity contribution in [2.24, 2.45) is 11.8 Å². The molecule has 1 fully saturated rings. The lowest BCUT2D eigenvalue weighted by atomic mass is 9.90. The second-order valence-corrected chi connectivity index (χ2v) is 14.6. The highest BCUT2D eigenvalue weighted by atomic mass is 16.6. The standard InChI is InChI=1S/C44H48N6O10/c1-28(43(54)56-4)20-21-33(24-49(23-31-14-8-5-9-15-31)44(55)57-25-32-16-10-6-11-17-32)22-35-37(58-29(2)51)38(59-30(3)52)42(60-35)50-27-47-36-39(45-26-46-40(36)50)48-41(53)34-18-12-7-13-19-34/h5-19,26-28,33,35,37-38,42H,20-25H2,1-4H3,(H,45,46,48,53)/t28-,33-,35+,37-,38?,42+/m0/s1. The molecule has 1 unspecified atom stereocenters. The summed E-state index contributed by atoms with van der Waals surface area (Å²) in [5.74, 6) is -2.77. The number of nitrogens with one attached hydrogen (secondary N) is 1. The lowest BCUT2D eigenvalue weighted by Crippen LogP contribution is -2.41. The quantitative estimate of drug-likeness (QED) is 0.0816. The minimum absolute atomic E-state index is 0.0566. The van der Waals surface area contributed by atoms with E-state index in [4.69, 9.17) is 23.7 Å². The van der Waals surface area contributed by atoms with Crippen LogP contribution in [0.5, 0.6) is 0 Å². The minimum atomic E-state index is -1.17. The molecule has 6 atom stereocenters. The van der Waals surface area contributed by atoms with E-state index in [2.05, 4.69) is 20.3 Å². The van der Waals surface area contributed by atoms with Crippen molar-refractivity contribution < 1.29 is 47.7 Å². The summed E-state index contributed by atoms with van der Waals surface area (Å²) in [6.45, 7) is 4.69. The number of esters is 3. The number of nitrogens with zero attached hydrogens (tertiary/aromatic N) is 5. The van der Waals surface area contributed by atoms with Gasteiger partial charge in [-0.15, -0.1) is 0 Å². The number of rotatable bonds is 17. The number of anilines is 1. The van der Waals surface area contributed by atoms with Crippen molar-refractivity contribution in [2.75, 3.05) is 19.0 Å². The summed E-state index contributed by atoms with van der Waals surface area (Å²) in [5.41, 5.74) is 2.58. The van der Waals surface area contributed by atoms with E-state index in [0.29, 0.717) is 18.4 Å². The lowest BCUT2D eigenvalue weighted by Gasteiger charge is -2.30. The molecule has 0 spiro atoms. The highest BCUT2D eigenvalue weighted by Crippen LogP contribution is 2.39. The molecule has 2 amide bonds. The van der Waals surface area contributed by atoms with Crippen LogP contribution in [0.1, 0.15) is 67.7 Å². The fourth-order valence-electron chi connectivity index (χ4n) is 7.22. The second-order valence-electron chi connectivity index (χ2n) is 14.6. The third kappa shape index (κ3) is 11.1. The molecule has 60 heavy (non-hydrogen) atoms. The molecule has 2 aromatic heterocycles. The molecule has 6 rings (SSSR count). The average molecular weight is 821 g/mol. The molecule has 0 aliphatic carbocycles. The molecule has 0 bridgehead atoms. The number of imidazole rings is 1. The number of fused-ring (bicyclic) bond motifs is 1. The van der Waals surface area contributed by atoms with Crippen molar-refractivity contribution >= 4 is 46.9 Å². The summed E-state index contributed by atoms with van der Waals surface area (Å²) in [5, 5.41) is 2.78. The third-order valence-corrected chi connectivity index (χ3v) is 10.1. The van der Waals surface area contributed by atoms with Gasteiger partial charge in [-0.1, -0.05) is 85.8 Å². The Balaban J connectivity index is 1.32. The zero-order valence-corrected chi connectivity index (χ0v) is 33.8. The van der Waals surface area contributed by atoms with E-state index in [1.807, 2.05) is 60.7 Å². The first-order valence-electron chi connectivity index (χ1n) is 19.6. The zero-order chi connectivity index (χ0) is 42.6. The van der Waals surface area contributed by atoms with E-state index < -0.39 is 54.4 Å². The van der Waals surface area contributed by atoms with Gasteiger partial charge in [0, 0.05) is 32.5 Å². The first kappa shape index (κ1) is 42.9. The van der Waals surface area contributed by atoms with Gasteiger partial charge < -0.3 is 33.9 Å². The first-order chi connectivity index (χ1) is 29.0. The summed E-state index contributed by atoms with van der Waals surface area (Å²) in [6.07, 6.45) is -1.13. The lowest BCUT2D eigenvalue weighted by molar-refractivity contribution is -0.165. The highest BCUT2D eigenvalue weighted by Gasteiger charge is 2.51. The molecule has 1 aliphatic rings. The number of amides is 2. The Kier molecular flexibility index (Phi) is 14.5.